The highest BCUT2D eigenvalue weighted by molar-refractivity contribution is 7.14. The Morgan fingerprint density at radius 1 is 1.46 bits per heavy atom. The molecule has 1 saturated heterocycles. The molecule has 2 atom stereocenters. The first kappa shape index (κ1) is 18.4. The summed E-state index contributed by atoms with van der Waals surface area (Å²) in [5.41, 5.74) is 2.72. The van der Waals surface area contributed by atoms with E-state index in [1.807, 2.05) is 30.3 Å². The third-order valence-corrected chi connectivity index (χ3v) is 5.83. The lowest BCUT2D eigenvalue weighted by Gasteiger charge is -2.37. The molecule has 144 valence electrons. The van der Waals surface area contributed by atoms with Crippen LogP contribution in [0.3, 0.4) is 0 Å². The van der Waals surface area contributed by atoms with Gasteiger partial charge in [0.1, 0.15) is 10.7 Å². The Hall–Kier alpha value is -2.92. The molecule has 4 rings (SSSR count). The first-order valence-electron chi connectivity index (χ1n) is 9.29. The highest BCUT2D eigenvalue weighted by atomic mass is 32.1. The maximum absolute atomic E-state index is 12.3. The van der Waals surface area contributed by atoms with E-state index < -0.39 is 0 Å². The van der Waals surface area contributed by atoms with E-state index in [9.17, 15) is 4.79 Å². The van der Waals surface area contributed by atoms with Crippen LogP contribution in [0.2, 0.25) is 0 Å². The van der Waals surface area contributed by atoms with Gasteiger partial charge in [0.15, 0.2) is 5.01 Å². The van der Waals surface area contributed by atoms with Crippen molar-refractivity contribution in [1.82, 2.24) is 25.1 Å². The number of hydrogen-bond acceptors (Lipinski definition) is 6. The number of piperidine rings is 1. The number of hydrogen-bond donors (Lipinski definition) is 2. The van der Waals surface area contributed by atoms with Crippen LogP contribution in [0.4, 0.5) is 5.69 Å². The lowest BCUT2D eigenvalue weighted by atomic mass is 9.95. The number of aromatic nitrogens is 4. The third kappa shape index (κ3) is 3.58. The Morgan fingerprint density at radius 3 is 3.07 bits per heavy atom. The summed E-state index contributed by atoms with van der Waals surface area (Å²) in [5, 5.41) is 14.9. The minimum atomic E-state index is 0.0161. The predicted molar refractivity (Wildman–Crippen MR) is 111 cm³/mol. The first-order chi connectivity index (χ1) is 13.5. The van der Waals surface area contributed by atoms with Crippen molar-refractivity contribution in [2.24, 2.45) is 5.92 Å². The van der Waals surface area contributed by atoms with E-state index >= 15 is 0 Å². The van der Waals surface area contributed by atoms with Gasteiger partial charge in [-0.25, -0.2) is 4.98 Å². The van der Waals surface area contributed by atoms with Gasteiger partial charge in [-0.15, -0.1) is 16.6 Å². The van der Waals surface area contributed by atoms with E-state index in [-0.39, 0.29) is 18.4 Å². The summed E-state index contributed by atoms with van der Waals surface area (Å²) in [6.45, 7) is 5.48. The standard InChI is InChI=1S/C20H22N6OS/c1-4-5-17(27)26-10-12(2)8-14(11-26)23-18-15-6-7-21-19(15)22-9-16(18)20-25-24-13(3)28-20/h1,6-7,9,12,14H,5,8,10-11H2,2-3H3,(H2,21,22,23)/t12-,14+/m0/s1. The summed E-state index contributed by atoms with van der Waals surface area (Å²) in [4.78, 5) is 21.9. The number of H-pyrrole nitrogens is 1. The van der Waals surface area contributed by atoms with Crippen molar-refractivity contribution in [1.29, 1.82) is 0 Å². The summed E-state index contributed by atoms with van der Waals surface area (Å²) < 4.78 is 0. The third-order valence-electron chi connectivity index (χ3n) is 4.96. The molecular weight excluding hydrogens is 372 g/mol. The lowest BCUT2D eigenvalue weighted by molar-refractivity contribution is -0.131. The van der Waals surface area contributed by atoms with Crippen molar-refractivity contribution < 1.29 is 4.79 Å². The molecule has 1 fully saturated rings. The number of fused-ring (bicyclic) bond motifs is 1. The minimum absolute atomic E-state index is 0.0161. The quantitative estimate of drug-likeness (QED) is 0.664. The van der Waals surface area contributed by atoms with Crippen LogP contribution in [0.15, 0.2) is 18.5 Å². The fourth-order valence-corrected chi connectivity index (χ4v) is 4.50. The predicted octanol–water partition coefficient (Wildman–Crippen LogP) is 3.06. The number of terminal acetylenes is 1. The van der Waals surface area contributed by atoms with Crippen LogP contribution in [-0.2, 0) is 4.79 Å². The van der Waals surface area contributed by atoms with Crippen LogP contribution < -0.4 is 5.32 Å². The molecule has 0 unspecified atom stereocenters. The van der Waals surface area contributed by atoms with E-state index in [4.69, 9.17) is 6.42 Å². The number of carbonyl (C=O) groups is 1. The van der Waals surface area contributed by atoms with Gasteiger partial charge in [-0.2, -0.15) is 0 Å². The molecule has 0 spiro atoms. The van der Waals surface area contributed by atoms with Crippen LogP contribution in [0.25, 0.3) is 21.6 Å². The molecule has 28 heavy (non-hydrogen) atoms. The van der Waals surface area contributed by atoms with Crippen molar-refractivity contribution in [2.45, 2.75) is 32.7 Å². The van der Waals surface area contributed by atoms with Gasteiger partial charge in [0.25, 0.3) is 0 Å². The fraction of sp³-hybridized carbons (Fsp3) is 0.400. The Morgan fingerprint density at radius 2 is 2.32 bits per heavy atom. The number of anilines is 1. The normalized spacial score (nSPS) is 19.5. The number of pyridine rings is 1. The SMILES string of the molecule is C#CCC(=O)N1C[C@@H](C)C[C@@H](Nc2c(-c3nnc(C)s3)cnc3[nH]ccc23)C1. The van der Waals surface area contributed by atoms with Gasteiger partial charge in [-0.05, 0) is 25.3 Å². The summed E-state index contributed by atoms with van der Waals surface area (Å²) in [6, 6.07) is 2.13. The number of aryl methyl sites for hydroxylation is 1. The molecule has 1 amide bonds. The van der Waals surface area contributed by atoms with E-state index in [0.29, 0.717) is 12.5 Å². The molecule has 0 bridgehead atoms. The molecule has 1 aliphatic heterocycles. The lowest BCUT2D eigenvalue weighted by Crippen LogP contribution is -2.48. The average Bonchev–Trinajstić information content (AvgIpc) is 3.30. The van der Waals surface area contributed by atoms with Crippen molar-refractivity contribution in [2.75, 3.05) is 18.4 Å². The highest BCUT2D eigenvalue weighted by Gasteiger charge is 2.28. The van der Waals surface area contributed by atoms with Gasteiger partial charge < -0.3 is 15.2 Å². The van der Waals surface area contributed by atoms with Crippen LogP contribution in [0, 0.1) is 25.2 Å². The zero-order valence-corrected chi connectivity index (χ0v) is 16.7. The van der Waals surface area contributed by atoms with Crippen LogP contribution in [0.1, 0.15) is 24.8 Å². The van der Waals surface area contributed by atoms with Gasteiger partial charge >= 0.3 is 0 Å². The second-order valence-corrected chi connectivity index (χ2v) is 8.46. The summed E-state index contributed by atoms with van der Waals surface area (Å²) >= 11 is 1.54. The average molecular weight is 395 g/mol. The van der Waals surface area contributed by atoms with Crippen molar-refractivity contribution in [3.8, 4) is 22.9 Å². The molecule has 2 N–H and O–H groups in total. The topological polar surface area (TPSA) is 86.8 Å². The Kier molecular flexibility index (Phi) is 5.01. The number of nitrogens with one attached hydrogen (secondary N) is 2. The molecule has 8 heteroatoms. The molecule has 0 radical (unpaired) electrons. The Bertz CT molecular complexity index is 1050. The molecule has 0 aliphatic carbocycles. The van der Waals surface area contributed by atoms with Gasteiger partial charge in [-0.3, -0.25) is 4.79 Å². The Balaban J connectivity index is 1.67. The smallest absolute Gasteiger partial charge is 0.234 e. The molecule has 3 aromatic rings. The number of carbonyl (C=O) groups excluding carboxylic acids is 1. The molecule has 0 aromatic carbocycles. The van der Waals surface area contributed by atoms with Crippen molar-refractivity contribution >= 4 is 34.0 Å². The van der Waals surface area contributed by atoms with E-state index in [1.54, 1.807) is 11.3 Å². The van der Waals surface area contributed by atoms with Crippen molar-refractivity contribution in [3.63, 3.8) is 0 Å². The number of amides is 1. The first-order valence-corrected chi connectivity index (χ1v) is 10.1. The van der Waals surface area contributed by atoms with Crippen LogP contribution >= 0.6 is 11.3 Å². The monoisotopic (exact) mass is 394 g/mol. The van der Waals surface area contributed by atoms with Crippen LogP contribution in [-0.4, -0.2) is 50.1 Å². The largest absolute Gasteiger partial charge is 0.379 e. The minimum Gasteiger partial charge on any atom is -0.379 e. The van der Waals surface area contributed by atoms with Crippen molar-refractivity contribution in [3.05, 3.63) is 23.5 Å². The van der Waals surface area contributed by atoms with E-state index in [0.717, 1.165) is 45.3 Å². The van der Waals surface area contributed by atoms with Gasteiger partial charge in [-0.1, -0.05) is 24.2 Å². The molecule has 0 saturated carbocycles. The number of likely N-dealkylation sites (tertiary alicyclic amines) is 1. The fourth-order valence-electron chi connectivity index (χ4n) is 3.79. The zero-order chi connectivity index (χ0) is 19.7. The van der Waals surface area contributed by atoms with Gasteiger partial charge in [0.05, 0.1) is 17.7 Å². The number of nitrogens with zero attached hydrogens (tertiary/aromatic N) is 4. The maximum atomic E-state index is 12.3. The summed E-state index contributed by atoms with van der Waals surface area (Å²) in [6.07, 6.45) is 10.2. The second-order valence-electron chi connectivity index (χ2n) is 7.27. The van der Waals surface area contributed by atoms with E-state index in [2.05, 4.69) is 38.3 Å². The van der Waals surface area contributed by atoms with Gasteiger partial charge in [0, 0.05) is 36.9 Å². The summed E-state index contributed by atoms with van der Waals surface area (Å²) in [7, 11) is 0. The number of aromatic amines is 1. The van der Waals surface area contributed by atoms with E-state index in [1.165, 1.54) is 0 Å². The highest BCUT2D eigenvalue weighted by Crippen LogP contribution is 2.36. The maximum Gasteiger partial charge on any atom is 0.234 e. The molecule has 1 aliphatic rings. The molecule has 7 nitrogen and oxygen atoms in total. The van der Waals surface area contributed by atoms with Crippen LogP contribution in [0.5, 0.6) is 0 Å². The zero-order valence-electron chi connectivity index (χ0n) is 15.9. The molecule has 3 aromatic heterocycles. The molecule has 4 heterocycles. The molecular formula is C20H22N6OS. The van der Waals surface area contributed by atoms with Gasteiger partial charge in [0.2, 0.25) is 5.91 Å². The second kappa shape index (κ2) is 7.60. The summed E-state index contributed by atoms with van der Waals surface area (Å²) in [5.74, 6) is 2.87. The number of rotatable bonds is 4. The Labute approximate surface area is 167 Å².